The molecule has 7 heteroatoms. The fourth-order valence-electron chi connectivity index (χ4n) is 3.91. The summed E-state index contributed by atoms with van der Waals surface area (Å²) in [5, 5.41) is 5.70. The van der Waals surface area contributed by atoms with Crippen molar-refractivity contribution in [2.75, 3.05) is 10.2 Å². The van der Waals surface area contributed by atoms with Crippen LogP contribution in [0.5, 0.6) is 0 Å². The second-order valence-electron chi connectivity index (χ2n) is 8.03. The van der Waals surface area contributed by atoms with Gasteiger partial charge in [0.15, 0.2) is 0 Å². The van der Waals surface area contributed by atoms with E-state index < -0.39 is 6.04 Å². The van der Waals surface area contributed by atoms with E-state index in [0.717, 1.165) is 16.7 Å². The molecule has 0 saturated heterocycles. The Balaban J connectivity index is 1.52. The average Bonchev–Trinajstić information content (AvgIpc) is 2.83. The zero-order valence-electron chi connectivity index (χ0n) is 18.4. The summed E-state index contributed by atoms with van der Waals surface area (Å²) >= 11 is 0. The van der Waals surface area contributed by atoms with Gasteiger partial charge in [-0.3, -0.25) is 19.3 Å². The molecule has 1 aliphatic heterocycles. The van der Waals surface area contributed by atoms with E-state index in [1.165, 1.54) is 4.90 Å². The van der Waals surface area contributed by atoms with Gasteiger partial charge in [0.25, 0.3) is 5.91 Å². The van der Waals surface area contributed by atoms with E-state index in [4.69, 9.17) is 5.73 Å². The maximum atomic E-state index is 13.1. The number of benzene rings is 3. The molecule has 7 nitrogen and oxygen atoms in total. The van der Waals surface area contributed by atoms with Crippen molar-refractivity contribution >= 4 is 29.1 Å². The maximum absolute atomic E-state index is 13.1. The lowest BCUT2D eigenvalue weighted by atomic mass is 10.0. The van der Waals surface area contributed by atoms with Crippen LogP contribution < -0.4 is 21.3 Å². The highest BCUT2D eigenvalue weighted by molar-refractivity contribution is 6.13. The molecule has 3 amide bonds. The van der Waals surface area contributed by atoms with E-state index in [0.29, 0.717) is 30.0 Å². The zero-order chi connectivity index (χ0) is 23.4. The predicted molar refractivity (Wildman–Crippen MR) is 128 cm³/mol. The average molecular weight is 443 g/mol. The molecular formula is C26H26N4O3. The van der Waals surface area contributed by atoms with Crippen molar-refractivity contribution < 1.29 is 14.4 Å². The van der Waals surface area contributed by atoms with Gasteiger partial charge in [0.05, 0.1) is 17.8 Å². The number of anilines is 2. The lowest BCUT2D eigenvalue weighted by Gasteiger charge is -2.35. The minimum atomic E-state index is -0.650. The van der Waals surface area contributed by atoms with Crippen molar-refractivity contribution in [2.24, 2.45) is 5.73 Å². The second-order valence-corrected chi connectivity index (χ2v) is 8.03. The standard InChI is InChI=1S/C26H26N4O3/c1-17-25(32)29-22-14-21(26(33)28-16-20-9-5-8-19(12-20)15-27)10-11-23(22)30(17)24(31)13-18-6-3-2-4-7-18/h2-12,14,17H,13,15-16,27H2,1H3,(H,28,33)(H,29,32). The SMILES string of the molecule is CC1C(=O)Nc2cc(C(=O)NCc3cccc(CN)c3)ccc2N1C(=O)Cc1ccccc1. The minimum Gasteiger partial charge on any atom is -0.348 e. The van der Waals surface area contributed by atoms with Gasteiger partial charge < -0.3 is 16.4 Å². The molecule has 33 heavy (non-hydrogen) atoms. The monoisotopic (exact) mass is 442 g/mol. The van der Waals surface area contributed by atoms with Crippen LogP contribution in [0, 0.1) is 0 Å². The molecule has 3 aromatic carbocycles. The Morgan fingerprint density at radius 1 is 0.970 bits per heavy atom. The molecule has 1 heterocycles. The molecule has 4 rings (SSSR count). The quantitative estimate of drug-likeness (QED) is 0.546. The number of carbonyl (C=O) groups is 3. The first-order valence-corrected chi connectivity index (χ1v) is 10.8. The third kappa shape index (κ3) is 4.94. The molecule has 1 atom stereocenters. The van der Waals surface area contributed by atoms with Gasteiger partial charge in [0.2, 0.25) is 11.8 Å². The number of carbonyl (C=O) groups excluding carboxylic acids is 3. The van der Waals surface area contributed by atoms with E-state index >= 15 is 0 Å². The molecule has 0 bridgehead atoms. The summed E-state index contributed by atoms with van der Waals surface area (Å²) in [4.78, 5) is 39.9. The Morgan fingerprint density at radius 2 is 1.70 bits per heavy atom. The lowest BCUT2D eigenvalue weighted by molar-refractivity contribution is -0.123. The molecule has 4 N–H and O–H groups in total. The summed E-state index contributed by atoms with van der Waals surface area (Å²) < 4.78 is 0. The smallest absolute Gasteiger partial charge is 0.251 e. The molecule has 168 valence electrons. The van der Waals surface area contributed by atoms with E-state index in [9.17, 15) is 14.4 Å². The summed E-state index contributed by atoms with van der Waals surface area (Å²) in [6, 6.07) is 21.4. The van der Waals surface area contributed by atoms with Crippen molar-refractivity contribution in [1.29, 1.82) is 0 Å². The van der Waals surface area contributed by atoms with Gasteiger partial charge >= 0.3 is 0 Å². The molecule has 1 unspecified atom stereocenters. The molecule has 3 aromatic rings. The summed E-state index contributed by atoms with van der Waals surface area (Å²) in [6.07, 6.45) is 0.183. The van der Waals surface area contributed by atoms with E-state index in [1.807, 2.05) is 54.6 Å². The number of hydrogen-bond donors (Lipinski definition) is 3. The Kier molecular flexibility index (Phi) is 6.51. The summed E-state index contributed by atoms with van der Waals surface area (Å²) in [6.45, 7) is 2.48. The van der Waals surface area contributed by atoms with Crippen LogP contribution in [-0.2, 0) is 29.1 Å². The van der Waals surface area contributed by atoms with E-state index in [1.54, 1.807) is 25.1 Å². The zero-order valence-corrected chi connectivity index (χ0v) is 18.4. The topological polar surface area (TPSA) is 105 Å². The van der Waals surface area contributed by atoms with Crippen molar-refractivity contribution in [3.05, 3.63) is 95.1 Å². The lowest BCUT2D eigenvalue weighted by Crippen LogP contribution is -2.50. The van der Waals surface area contributed by atoms with Crippen molar-refractivity contribution in [3.63, 3.8) is 0 Å². The molecule has 0 aliphatic carbocycles. The Morgan fingerprint density at radius 3 is 2.45 bits per heavy atom. The first-order chi connectivity index (χ1) is 16.0. The van der Waals surface area contributed by atoms with E-state index in [2.05, 4.69) is 10.6 Å². The molecule has 0 fully saturated rings. The molecular weight excluding hydrogens is 416 g/mol. The van der Waals surface area contributed by atoms with Crippen LogP contribution in [-0.4, -0.2) is 23.8 Å². The maximum Gasteiger partial charge on any atom is 0.251 e. The number of rotatable bonds is 6. The fourth-order valence-corrected chi connectivity index (χ4v) is 3.91. The summed E-state index contributed by atoms with van der Waals surface area (Å²) in [5.41, 5.74) is 9.91. The predicted octanol–water partition coefficient (Wildman–Crippen LogP) is 2.99. The highest BCUT2D eigenvalue weighted by atomic mass is 16.2. The van der Waals surface area contributed by atoms with Gasteiger partial charge in [-0.25, -0.2) is 0 Å². The fraction of sp³-hybridized carbons (Fsp3) is 0.192. The Labute approximate surface area is 192 Å². The Hall–Kier alpha value is -3.97. The van der Waals surface area contributed by atoms with Crippen LogP contribution >= 0.6 is 0 Å². The molecule has 0 radical (unpaired) electrons. The Bertz CT molecular complexity index is 1190. The van der Waals surface area contributed by atoms with Crippen LogP contribution in [0.1, 0.15) is 34.0 Å². The van der Waals surface area contributed by atoms with Gasteiger partial charge in [-0.05, 0) is 41.8 Å². The van der Waals surface area contributed by atoms with Crippen LogP contribution in [0.2, 0.25) is 0 Å². The molecule has 0 spiro atoms. The van der Waals surface area contributed by atoms with Crippen LogP contribution in [0.4, 0.5) is 11.4 Å². The highest BCUT2D eigenvalue weighted by Crippen LogP contribution is 2.33. The summed E-state index contributed by atoms with van der Waals surface area (Å²) in [5.74, 6) is -0.743. The normalized spacial score (nSPS) is 14.9. The molecule has 1 aliphatic rings. The van der Waals surface area contributed by atoms with Crippen molar-refractivity contribution in [1.82, 2.24) is 5.32 Å². The van der Waals surface area contributed by atoms with Gasteiger partial charge in [0.1, 0.15) is 6.04 Å². The first kappa shape index (κ1) is 22.2. The van der Waals surface area contributed by atoms with Crippen LogP contribution in [0.3, 0.4) is 0 Å². The highest BCUT2D eigenvalue weighted by Gasteiger charge is 2.34. The number of nitrogens with two attached hydrogens (primary N) is 1. The van der Waals surface area contributed by atoms with Gasteiger partial charge in [-0.2, -0.15) is 0 Å². The largest absolute Gasteiger partial charge is 0.348 e. The summed E-state index contributed by atoms with van der Waals surface area (Å²) in [7, 11) is 0. The molecule has 0 aromatic heterocycles. The van der Waals surface area contributed by atoms with Gasteiger partial charge in [-0.1, -0.05) is 54.6 Å². The number of hydrogen-bond acceptors (Lipinski definition) is 4. The van der Waals surface area contributed by atoms with Crippen LogP contribution in [0.15, 0.2) is 72.8 Å². The first-order valence-electron chi connectivity index (χ1n) is 10.8. The number of amides is 3. The van der Waals surface area contributed by atoms with Crippen molar-refractivity contribution in [3.8, 4) is 0 Å². The van der Waals surface area contributed by atoms with Crippen molar-refractivity contribution in [2.45, 2.75) is 32.5 Å². The minimum absolute atomic E-state index is 0.179. The van der Waals surface area contributed by atoms with Gasteiger partial charge in [-0.15, -0.1) is 0 Å². The third-order valence-corrected chi connectivity index (χ3v) is 5.69. The number of fused-ring (bicyclic) bond motifs is 1. The van der Waals surface area contributed by atoms with E-state index in [-0.39, 0.29) is 24.1 Å². The number of nitrogens with zero attached hydrogens (tertiary/aromatic N) is 1. The molecule has 0 saturated carbocycles. The van der Waals surface area contributed by atoms with Crippen LogP contribution in [0.25, 0.3) is 0 Å². The third-order valence-electron chi connectivity index (χ3n) is 5.69. The van der Waals surface area contributed by atoms with Gasteiger partial charge in [0, 0.05) is 18.7 Å². The second kappa shape index (κ2) is 9.67. The number of nitrogens with one attached hydrogen (secondary N) is 2.